The maximum absolute atomic E-state index is 13.8. The summed E-state index contributed by atoms with van der Waals surface area (Å²) in [4.78, 5) is -2.94. The van der Waals surface area contributed by atoms with Crippen molar-refractivity contribution in [3.05, 3.63) is 65.7 Å². The second kappa shape index (κ2) is 11.6. The van der Waals surface area contributed by atoms with E-state index < -0.39 is 73.8 Å². The topological polar surface area (TPSA) is 245 Å². The van der Waals surface area contributed by atoms with Crippen molar-refractivity contribution in [3.63, 3.8) is 0 Å². The third-order valence-electron chi connectivity index (χ3n) is 5.94. The minimum atomic E-state index is -5.26. The molecule has 0 aromatic heterocycles. The third kappa shape index (κ3) is 6.54. The maximum atomic E-state index is 13.8. The number of aromatic hydroxyl groups is 1. The number of benzene rings is 4. The molecule has 44 heavy (non-hydrogen) atoms. The van der Waals surface area contributed by atoms with Gasteiger partial charge in [0.25, 0.3) is 30.4 Å². The average molecular weight is 672 g/mol. The summed E-state index contributed by atoms with van der Waals surface area (Å²) in [6.45, 7) is 1.56. The number of anilines is 1. The van der Waals surface area contributed by atoms with Crippen molar-refractivity contribution in [2.75, 3.05) is 12.4 Å². The first-order valence-corrected chi connectivity index (χ1v) is 16.0. The standard InChI is InChI=1S/C24H19F2N5O10S3/c1-11-3-5-16(19(7-11)42(33,34)35)28-30-22-13-8-21(44(39,40)41)23(24(32)12(13)4-6-17(22)27-2)31-29-18-9-14(25)15(26)10-20(18)43(36,37)38/h3-10,27,32H,1-2H3,(H,33,34,35)(H,36,37,38)(H,39,40,41). The molecule has 4 rings (SSSR count). The zero-order valence-corrected chi connectivity index (χ0v) is 24.6. The number of azo groups is 2. The third-order valence-corrected chi connectivity index (χ3v) is 8.57. The molecule has 0 fully saturated rings. The van der Waals surface area contributed by atoms with E-state index in [-0.39, 0.29) is 40.0 Å². The fourth-order valence-electron chi connectivity index (χ4n) is 3.93. The summed E-state index contributed by atoms with van der Waals surface area (Å²) in [6.07, 6.45) is 0. The van der Waals surface area contributed by atoms with Crippen molar-refractivity contribution in [1.29, 1.82) is 0 Å². The number of rotatable bonds is 8. The Labute approximate surface area is 247 Å². The van der Waals surface area contributed by atoms with Crippen LogP contribution in [-0.4, -0.2) is 51.1 Å². The normalized spacial score (nSPS) is 12.9. The van der Waals surface area contributed by atoms with E-state index in [2.05, 4.69) is 25.8 Å². The van der Waals surface area contributed by atoms with E-state index >= 15 is 0 Å². The summed E-state index contributed by atoms with van der Waals surface area (Å²) in [5.74, 6) is -4.24. The van der Waals surface area contributed by atoms with Gasteiger partial charge < -0.3 is 10.4 Å². The van der Waals surface area contributed by atoms with E-state index in [4.69, 9.17) is 0 Å². The minimum Gasteiger partial charge on any atom is -0.505 e. The van der Waals surface area contributed by atoms with Gasteiger partial charge in [-0.2, -0.15) is 25.3 Å². The predicted octanol–water partition coefficient (Wildman–Crippen LogP) is 5.74. The smallest absolute Gasteiger partial charge is 0.296 e. The van der Waals surface area contributed by atoms with Crippen molar-refractivity contribution in [2.24, 2.45) is 20.5 Å². The Balaban J connectivity index is 2.00. The van der Waals surface area contributed by atoms with Gasteiger partial charge in [-0.3, -0.25) is 13.7 Å². The van der Waals surface area contributed by atoms with Crippen molar-refractivity contribution in [1.82, 2.24) is 0 Å². The number of phenolic OH excluding ortho intramolecular Hbond substituents is 1. The van der Waals surface area contributed by atoms with Crippen molar-refractivity contribution >= 4 is 69.6 Å². The lowest BCUT2D eigenvalue weighted by Crippen LogP contribution is -2.01. The first-order valence-electron chi connectivity index (χ1n) is 11.7. The molecule has 0 aliphatic rings. The van der Waals surface area contributed by atoms with Crippen LogP contribution < -0.4 is 5.32 Å². The van der Waals surface area contributed by atoms with Gasteiger partial charge in [-0.1, -0.05) is 6.07 Å². The van der Waals surface area contributed by atoms with Crippen LogP contribution in [0.3, 0.4) is 0 Å². The number of aryl methyl sites for hydroxylation is 1. The number of hydrogen-bond donors (Lipinski definition) is 5. The van der Waals surface area contributed by atoms with E-state index in [1.807, 2.05) is 0 Å². The van der Waals surface area contributed by atoms with E-state index in [1.54, 1.807) is 6.92 Å². The Morgan fingerprint density at radius 1 is 0.636 bits per heavy atom. The van der Waals surface area contributed by atoms with Crippen LogP contribution in [0.4, 0.5) is 37.2 Å². The Morgan fingerprint density at radius 2 is 1.18 bits per heavy atom. The van der Waals surface area contributed by atoms with Gasteiger partial charge in [0.1, 0.15) is 37.4 Å². The monoisotopic (exact) mass is 671 g/mol. The molecule has 0 atom stereocenters. The molecule has 4 aromatic rings. The number of phenols is 1. The van der Waals surface area contributed by atoms with Crippen molar-refractivity contribution in [3.8, 4) is 5.75 Å². The average Bonchev–Trinajstić information content (AvgIpc) is 2.91. The van der Waals surface area contributed by atoms with E-state index in [0.717, 1.165) is 12.1 Å². The lowest BCUT2D eigenvalue weighted by atomic mass is 10.1. The SMILES string of the molecule is CNc1ccc2c(O)c(N=Nc3cc(F)c(F)cc3S(=O)(=O)O)c(S(=O)(=O)O)cc2c1N=Nc1ccc(C)cc1S(=O)(=O)O. The molecule has 0 amide bonds. The summed E-state index contributed by atoms with van der Waals surface area (Å²) >= 11 is 0. The molecule has 0 radical (unpaired) electrons. The largest absolute Gasteiger partial charge is 0.505 e. The molecule has 20 heteroatoms. The molecule has 232 valence electrons. The minimum absolute atomic E-state index is 0.0982. The molecule has 0 heterocycles. The Bertz CT molecular complexity index is 2240. The number of nitrogens with zero attached hydrogens (tertiary/aromatic N) is 4. The van der Waals surface area contributed by atoms with Crippen LogP contribution in [0, 0.1) is 18.6 Å². The van der Waals surface area contributed by atoms with Gasteiger partial charge in [0.15, 0.2) is 17.4 Å². The predicted molar refractivity (Wildman–Crippen MR) is 150 cm³/mol. The van der Waals surface area contributed by atoms with Gasteiger partial charge in [0.2, 0.25) is 0 Å². The second-order valence-electron chi connectivity index (χ2n) is 8.91. The zero-order chi connectivity index (χ0) is 32.8. The Kier molecular flexibility index (Phi) is 8.52. The van der Waals surface area contributed by atoms with Gasteiger partial charge in [0.05, 0.1) is 5.69 Å². The number of halogens is 2. The Morgan fingerprint density at radius 3 is 1.77 bits per heavy atom. The summed E-state index contributed by atoms with van der Waals surface area (Å²) in [5, 5.41) is 28.1. The van der Waals surface area contributed by atoms with Crippen molar-refractivity contribution in [2.45, 2.75) is 21.6 Å². The van der Waals surface area contributed by atoms with Crippen LogP contribution >= 0.6 is 0 Å². The Hall–Kier alpha value is -4.47. The first-order chi connectivity index (χ1) is 20.3. The van der Waals surface area contributed by atoms with Crippen LogP contribution in [0.15, 0.2) is 83.7 Å². The molecule has 5 N–H and O–H groups in total. The van der Waals surface area contributed by atoms with Gasteiger partial charge in [-0.25, -0.2) is 8.78 Å². The molecule has 0 spiro atoms. The molecule has 15 nitrogen and oxygen atoms in total. The molecule has 0 aliphatic carbocycles. The molecule has 0 bridgehead atoms. The highest BCUT2D eigenvalue weighted by molar-refractivity contribution is 7.86. The molecule has 0 aliphatic heterocycles. The summed E-state index contributed by atoms with van der Waals surface area (Å²) in [7, 11) is -13.8. The molecule has 0 saturated heterocycles. The van der Waals surface area contributed by atoms with Crippen LogP contribution in [0.5, 0.6) is 5.75 Å². The quantitative estimate of drug-likeness (QED) is 0.112. The van der Waals surface area contributed by atoms with Crippen molar-refractivity contribution < 1.29 is 52.8 Å². The van der Waals surface area contributed by atoms with Crippen LogP contribution in [0.25, 0.3) is 10.8 Å². The van der Waals surface area contributed by atoms with Gasteiger partial charge in [-0.15, -0.1) is 20.5 Å². The molecule has 0 saturated carbocycles. The van der Waals surface area contributed by atoms with E-state index in [9.17, 15) is 52.8 Å². The van der Waals surface area contributed by atoms with Gasteiger partial charge in [0, 0.05) is 30.0 Å². The lowest BCUT2D eigenvalue weighted by molar-refractivity contribution is 0.471. The van der Waals surface area contributed by atoms with Crippen LogP contribution in [-0.2, 0) is 30.4 Å². The first kappa shape index (κ1) is 32.4. The zero-order valence-electron chi connectivity index (χ0n) is 22.1. The highest BCUT2D eigenvalue weighted by Gasteiger charge is 2.26. The molecule has 0 unspecified atom stereocenters. The summed E-state index contributed by atoms with van der Waals surface area (Å²) in [5.41, 5.74) is -1.82. The summed E-state index contributed by atoms with van der Waals surface area (Å²) < 4.78 is 128. The van der Waals surface area contributed by atoms with Crippen LogP contribution in [0.1, 0.15) is 5.56 Å². The highest BCUT2D eigenvalue weighted by Crippen LogP contribution is 2.47. The molecule has 4 aromatic carbocycles. The number of fused-ring (bicyclic) bond motifs is 1. The number of hydrogen-bond acceptors (Lipinski definition) is 12. The highest BCUT2D eigenvalue weighted by atomic mass is 32.2. The fourth-order valence-corrected chi connectivity index (χ4v) is 5.90. The van der Waals surface area contributed by atoms with E-state index in [1.165, 1.54) is 31.3 Å². The fraction of sp³-hybridized carbons (Fsp3) is 0.0833. The van der Waals surface area contributed by atoms with Gasteiger partial charge >= 0.3 is 0 Å². The summed E-state index contributed by atoms with van der Waals surface area (Å²) in [6, 6.07) is 7.55. The molecular formula is C24H19F2N5O10S3. The molecular weight excluding hydrogens is 652 g/mol. The number of nitrogens with one attached hydrogen (secondary N) is 1. The lowest BCUT2D eigenvalue weighted by Gasteiger charge is -2.13. The maximum Gasteiger partial charge on any atom is 0.296 e. The van der Waals surface area contributed by atoms with E-state index in [0.29, 0.717) is 5.56 Å². The second-order valence-corrected chi connectivity index (χ2v) is 13.1. The van der Waals surface area contributed by atoms with Crippen LogP contribution in [0.2, 0.25) is 0 Å². The van der Waals surface area contributed by atoms with Gasteiger partial charge in [-0.05, 0) is 42.8 Å².